The number of aryl methyl sites for hydroxylation is 1. The van der Waals surface area contributed by atoms with Crippen molar-refractivity contribution in [2.45, 2.75) is 13.8 Å². The molecule has 3 aromatic rings. The molecule has 0 saturated carbocycles. The van der Waals surface area contributed by atoms with Gasteiger partial charge in [0, 0.05) is 23.3 Å². The number of aromatic nitrogens is 2. The summed E-state index contributed by atoms with van der Waals surface area (Å²) in [6.45, 7) is 4.36. The van der Waals surface area contributed by atoms with Crippen molar-refractivity contribution in [3.8, 4) is 5.75 Å². The maximum absolute atomic E-state index is 12.8. The van der Waals surface area contributed by atoms with Crippen molar-refractivity contribution in [3.05, 3.63) is 71.1 Å². The zero-order valence-electron chi connectivity index (χ0n) is 15.9. The van der Waals surface area contributed by atoms with Crippen LogP contribution in [0.2, 0.25) is 5.02 Å². The van der Waals surface area contributed by atoms with E-state index in [1.807, 2.05) is 50.2 Å². The number of amides is 1. The number of hydrogen-bond donors (Lipinski definition) is 1. The molecule has 0 saturated heterocycles. The summed E-state index contributed by atoms with van der Waals surface area (Å²) in [6, 6.07) is 13.1. The predicted molar refractivity (Wildman–Crippen MR) is 112 cm³/mol. The third-order valence-corrected chi connectivity index (χ3v) is 4.65. The van der Waals surface area contributed by atoms with Crippen LogP contribution >= 0.6 is 11.6 Å². The number of anilines is 3. The molecule has 1 heterocycles. The van der Waals surface area contributed by atoms with Crippen molar-refractivity contribution in [2.75, 3.05) is 23.9 Å². The number of carbonyl (C=O) groups is 1. The Labute approximate surface area is 169 Å². The Hall–Kier alpha value is -3.12. The van der Waals surface area contributed by atoms with Gasteiger partial charge in [0.1, 0.15) is 17.3 Å². The van der Waals surface area contributed by atoms with E-state index < -0.39 is 0 Å². The van der Waals surface area contributed by atoms with Crippen molar-refractivity contribution >= 4 is 34.7 Å². The first-order chi connectivity index (χ1) is 13.5. The standard InChI is InChI=1S/C21H21ClN4O2/c1-4-26(15-8-6-5-7-9-15)21(27)18-12-24-20(13-23-18)25-17-10-14(2)16(22)11-19(17)28-3/h5-13H,4H2,1-3H3,(H,24,25). The van der Waals surface area contributed by atoms with Crippen molar-refractivity contribution in [2.24, 2.45) is 0 Å². The van der Waals surface area contributed by atoms with E-state index >= 15 is 0 Å². The number of benzene rings is 2. The molecule has 0 radical (unpaired) electrons. The van der Waals surface area contributed by atoms with E-state index in [1.54, 1.807) is 18.1 Å². The Morgan fingerprint density at radius 1 is 1.18 bits per heavy atom. The molecular formula is C21H21ClN4O2. The minimum Gasteiger partial charge on any atom is -0.495 e. The van der Waals surface area contributed by atoms with Crippen LogP contribution in [0.5, 0.6) is 5.75 Å². The molecule has 144 valence electrons. The number of nitrogens with zero attached hydrogens (tertiary/aromatic N) is 3. The van der Waals surface area contributed by atoms with Crippen molar-refractivity contribution < 1.29 is 9.53 Å². The normalized spacial score (nSPS) is 10.4. The van der Waals surface area contributed by atoms with Gasteiger partial charge in [0.05, 0.1) is 25.2 Å². The number of nitrogens with one attached hydrogen (secondary N) is 1. The molecule has 0 atom stereocenters. The molecule has 7 heteroatoms. The molecule has 6 nitrogen and oxygen atoms in total. The number of rotatable bonds is 6. The van der Waals surface area contributed by atoms with Gasteiger partial charge in [-0.15, -0.1) is 0 Å². The fraction of sp³-hybridized carbons (Fsp3) is 0.190. The van der Waals surface area contributed by atoms with Gasteiger partial charge in [-0.05, 0) is 37.6 Å². The van der Waals surface area contributed by atoms with E-state index in [-0.39, 0.29) is 11.6 Å². The van der Waals surface area contributed by atoms with Crippen LogP contribution in [0.4, 0.5) is 17.2 Å². The molecule has 2 aromatic carbocycles. The molecule has 0 aliphatic rings. The average Bonchev–Trinajstić information content (AvgIpc) is 2.72. The summed E-state index contributed by atoms with van der Waals surface area (Å²) >= 11 is 6.14. The van der Waals surface area contributed by atoms with Crippen LogP contribution in [0.25, 0.3) is 0 Å². The van der Waals surface area contributed by atoms with Gasteiger partial charge in [-0.25, -0.2) is 9.97 Å². The van der Waals surface area contributed by atoms with Crippen LogP contribution in [0.1, 0.15) is 23.0 Å². The van der Waals surface area contributed by atoms with E-state index in [4.69, 9.17) is 16.3 Å². The predicted octanol–water partition coefficient (Wildman–Crippen LogP) is 4.86. The lowest BCUT2D eigenvalue weighted by Gasteiger charge is -2.20. The van der Waals surface area contributed by atoms with Gasteiger partial charge in [-0.1, -0.05) is 29.8 Å². The molecule has 1 amide bonds. The van der Waals surface area contributed by atoms with Crippen LogP contribution in [-0.4, -0.2) is 29.5 Å². The van der Waals surface area contributed by atoms with Gasteiger partial charge in [0.15, 0.2) is 0 Å². The Morgan fingerprint density at radius 3 is 2.54 bits per heavy atom. The smallest absolute Gasteiger partial charge is 0.278 e. The number of hydrogen-bond acceptors (Lipinski definition) is 5. The highest BCUT2D eigenvalue weighted by atomic mass is 35.5. The van der Waals surface area contributed by atoms with E-state index in [2.05, 4.69) is 15.3 Å². The zero-order valence-corrected chi connectivity index (χ0v) is 16.7. The quantitative estimate of drug-likeness (QED) is 0.644. The summed E-state index contributed by atoms with van der Waals surface area (Å²) in [6.07, 6.45) is 2.99. The van der Waals surface area contributed by atoms with Crippen LogP contribution in [0.3, 0.4) is 0 Å². The number of ether oxygens (including phenoxy) is 1. The summed E-state index contributed by atoms with van der Waals surface area (Å²) in [5.41, 5.74) is 2.72. The summed E-state index contributed by atoms with van der Waals surface area (Å²) in [4.78, 5) is 23.1. The Kier molecular flexibility index (Phi) is 6.11. The molecule has 28 heavy (non-hydrogen) atoms. The molecule has 0 aliphatic carbocycles. The van der Waals surface area contributed by atoms with E-state index in [9.17, 15) is 4.79 Å². The maximum Gasteiger partial charge on any atom is 0.278 e. The number of para-hydroxylation sites is 1. The van der Waals surface area contributed by atoms with E-state index in [0.29, 0.717) is 23.1 Å². The summed E-state index contributed by atoms with van der Waals surface area (Å²) in [7, 11) is 1.57. The second-order valence-corrected chi connectivity index (χ2v) is 6.51. The van der Waals surface area contributed by atoms with Gasteiger partial charge >= 0.3 is 0 Å². The largest absolute Gasteiger partial charge is 0.495 e. The van der Waals surface area contributed by atoms with Crippen molar-refractivity contribution in [1.29, 1.82) is 0 Å². The maximum atomic E-state index is 12.8. The third kappa shape index (κ3) is 4.23. The number of carbonyl (C=O) groups excluding carboxylic acids is 1. The Morgan fingerprint density at radius 2 is 1.93 bits per heavy atom. The highest BCUT2D eigenvalue weighted by Gasteiger charge is 2.18. The number of halogens is 1. The SMILES string of the molecule is CCN(C(=O)c1cnc(Nc2cc(C)c(Cl)cc2OC)cn1)c1ccccc1. The fourth-order valence-electron chi connectivity index (χ4n) is 2.76. The lowest BCUT2D eigenvalue weighted by atomic mass is 10.2. The molecule has 0 bridgehead atoms. The first-order valence-electron chi connectivity index (χ1n) is 8.83. The Balaban J connectivity index is 1.80. The zero-order chi connectivity index (χ0) is 20.1. The second-order valence-electron chi connectivity index (χ2n) is 6.10. The summed E-state index contributed by atoms with van der Waals surface area (Å²) in [5, 5.41) is 3.77. The fourth-order valence-corrected chi connectivity index (χ4v) is 2.91. The van der Waals surface area contributed by atoms with Crippen molar-refractivity contribution in [1.82, 2.24) is 9.97 Å². The third-order valence-electron chi connectivity index (χ3n) is 4.24. The molecule has 0 fully saturated rings. The molecule has 0 aliphatic heterocycles. The molecule has 1 N–H and O–H groups in total. The average molecular weight is 397 g/mol. The van der Waals surface area contributed by atoms with E-state index in [1.165, 1.54) is 12.4 Å². The summed E-state index contributed by atoms with van der Waals surface area (Å²) < 4.78 is 5.35. The Bertz CT molecular complexity index is 962. The number of methoxy groups -OCH3 is 1. The highest BCUT2D eigenvalue weighted by molar-refractivity contribution is 6.31. The van der Waals surface area contributed by atoms with Crippen molar-refractivity contribution in [3.63, 3.8) is 0 Å². The van der Waals surface area contributed by atoms with Crippen LogP contribution in [0.15, 0.2) is 54.9 Å². The highest BCUT2D eigenvalue weighted by Crippen LogP contribution is 2.32. The molecule has 0 spiro atoms. The monoisotopic (exact) mass is 396 g/mol. The van der Waals surface area contributed by atoms with Crippen LogP contribution < -0.4 is 15.0 Å². The second kappa shape index (κ2) is 8.71. The molecular weight excluding hydrogens is 376 g/mol. The minimum absolute atomic E-state index is 0.201. The first kappa shape index (κ1) is 19.6. The van der Waals surface area contributed by atoms with Crippen LogP contribution in [0, 0.1) is 6.92 Å². The topological polar surface area (TPSA) is 67.4 Å². The lowest BCUT2D eigenvalue weighted by Crippen LogP contribution is -2.31. The lowest BCUT2D eigenvalue weighted by molar-refractivity contribution is 0.0983. The molecule has 1 aromatic heterocycles. The molecule has 0 unspecified atom stereocenters. The molecule has 3 rings (SSSR count). The van der Waals surface area contributed by atoms with Gasteiger partial charge < -0.3 is 15.0 Å². The van der Waals surface area contributed by atoms with E-state index in [0.717, 1.165) is 16.9 Å². The van der Waals surface area contributed by atoms with Gasteiger partial charge in [0.2, 0.25) is 0 Å². The minimum atomic E-state index is -0.201. The van der Waals surface area contributed by atoms with Gasteiger partial charge in [-0.3, -0.25) is 4.79 Å². The summed E-state index contributed by atoms with van der Waals surface area (Å²) in [5.74, 6) is 0.894. The first-order valence-corrected chi connectivity index (χ1v) is 9.21. The van der Waals surface area contributed by atoms with Gasteiger partial charge in [0.25, 0.3) is 5.91 Å². The van der Waals surface area contributed by atoms with Gasteiger partial charge in [-0.2, -0.15) is 0 Å². The van der Waals surface area contributed by atoms with Crippen LogP contribution in [-0.2, 0) is 0 Å².